The molecule has 0 saturated heterocycles. The molecular formula is C22H36O. The predicted molar refractivity (Wildman–Crippen MR) is 98.7 cm³/mol. The Balaban J connectivity index is 1.69. The summed E-state index contributed by atoms with van der Waals surface area (Å²) in [6, 6.07) is 0. The number of allylic oxidation sites excluding steroid dienone is 3. The molecule has 23 heavy (non-hydrogen) atoms. The summed E-state index contributed by atoms with van der Waals surface area (Å²) in [4.78, 5) is 0. The maximum atomic E-state index is 6.20. The van der Waals surface area contributed by atoms with E-state index in [4.69, 9.17) is 4.74 Å². The summed E-state index contributed by atoms with van der Waals surface area (Å²) in [5.41, 5.74) is 3.94. The molecule has 0 aliphatic heterocycles. The molecule has 0 radical (unpaired) electrons. The molecule has 3 rings (SSSR count). The van der Waals surface area contributed by atoms with Crippen LogP contribution >= 0.6 is 0 Å². The Morgan fingerprint density at radius 2 is 1.74 bits per heavy atom. The van der Waals surface area contributed by atoms with Gasteiger partial charge in [-0.05, 0) is 81.6 Å². The number of rotatable bonds is 4. The molecular weight excluding hydrogens is 280 g/mol. The smallest absolute Gasteiger partial charge is 0.0893 e. The van der Waals surface area contributed by atoms with Crippen LogP contribution < -0.4 is 0 Å². The SMILES string of the molecule is COC1(CCC2(C)/C=C\CCCCCC2)CCC2=C1CCCC2. The normalized spacial score (nSPS) is 37.0. The average Bonchev–Trinajstić information content (AvgIpc) is 2.99. The molecule has 0 bridgehead atoms. The van der Waals surface area contributed by atoms with Crippen LogP contribution in [-0.2, 0) is 4.74 Å². The minimum absolute atomic E-state index is 0.0883. The third kappa shape index (κ3) is 3.92. The van der Waals surface area contributed by atoms with E-state index in [1.165, 1.54) is 89.9 Å². The fraction of sp³-hybridized carbons (Fsp3) is 0.818. The molecule has 0 aromatic carbocycles. The summed E-state index contributed by atoms with van der Waals surface area (Å²) in [6.45, 7) is 2.49. The van der Waals surface area contributed by atoms with Gasteiger partial charge in [-0.25, -0.2) is 0 Å². The third-order valence-corrected chi connectivity index (χ3v) is 6.84. The van der Waals surface area contributed by atoms with Gasteiger partial charge < -0.3 is 4.74 Å². The molecule has 130 valence electrons. The lowest BCUT2D eigenvalue weighted by Gasteiger charge is -2.36. The van der Waals surface area contributed by atoms with Crippen LogP contribution in [0.5, 0.6) is 0 Å². The van der Waals surface area contributed by atoms with Crippen molar-refractivity contribution in [2.75, 3.05) is 7.11 Å². The lowest BCUT2D eigenvalue weighted by atomic mass is 9.75. The van der Waals surface area contributed by atoms with Gasteiger partial charge in [0.25, 0.3) is 0 Å². The van der Waals surface area contributed by atoms with Crippen LogP contribution in [0.1, 0.15) is 96.8 Å². The summed E-state index contributed by atoms with van der Waals surface area (Å²) >= 11 is 0. The van der Waals surface area contributed by atoms with Gasteiger partial charge in [0, 0.05) is 7.11 Å². The van der Waals surface area contributed by atoms with Crippen molar-refractivity contribution in [2.45, 2.75) is 102 Å². The Bertz CT molecular complexity index is 461. The van der Waals surface area contributed by atoms with Gasteiger partial charge >= 0.3 is 0 Å². The van der Waals surface area contributed by atoms with E-state index in [1.807, 2.05) is 7.11 Å². The largest absolute Gasteiger partial charge is 0.374 e. The van der Waals surface area contributed by atoms with Crippen LogP contribution in [-0.4, -0.2) is 12.7 Å². The molecule has 0 amide bonds. The second-order valence-electron chi connectivity index (χ2n) is 8.50. The standard InChI is InChI=1S/C22H36O/c1-21(14-9-5-3-4-6-10-15-21)17-18-22(23-2)16-13-19-11-7-8-12-20(19)22/h9,14H,3-8,10-13,15-18H2,1-2H3/b14-9-. The molecule has 0 spiro atoms. The minimum Gasteiger partial charge on any atom is -0.374 e. The summed E-state index contributed by atoms with van der Waals surface area (Å²) in [5, 5.41) is 0. The monoisotopic (exact) mass is 316 g/mol. The first kappa shape index (κ1) is 17.3. The average molecular weight is 317 g/mol. The molecule has 0 heterocycles. The molecule has 0 fully saturated rings. The molecule has 1 heteroatoms. The molecule has 0 N–H and O–H groups in total. The third-order valence-electron chi connectivity index (χ3n) is 6.84. The lowest BCUT2D eigenvalue weighted by molar-refractivity contribution is 0.00451. The number of ether oxygens (including phenoxy) is 1. The fourth-order valence-corrected chi connectivity index (χ4v) is 5.19. The summed E-state index contributed by atoms with van der Waals surface area (Å²) < 4.78 is 6.20. The van der Waals surface area contributed by atoms with Crippen LogP contribution in [0.15, 0.2) is 23.3 Å². The van der Waals surface area contributed by atoms with E-state index in [9.17, 15) is 0 Å². The molecule has 3 aliphatic rings. The molecule has 1 nitrogen and oxygen atoms in total. The lowest BCUT2D eigenvalue weighted by Crippen LogP contribution is -2.33. The van der Waals surface area contributed by atoms with Crippen molar-refractivity contribution in [2.24, 2.45) is 5.41 Å². The van der Waals surface area contributed by atoms with Gasteiger partial charge in [-0.1, -0.05) is 43.9 Å². The highest BCUT2D eigenvalue weighted by Gasteiger charge is 2.42. The van der Waals surface area contributed by atoms with Gasteiger partial charge in [-0.2, -0.15) is 0 Å². The van der Waals surface area contributed by atoms with Crippen molar-refractivity contribution in [3.05, 3.63) is 23.3 Å². The summed E-state index contributed by atoms with van der Waals surface area (Å²) in [5.74, 6) is 0. The van der Waals surface area contributed by atoms with E-state index in [0.29, 0.717) is 5.41 Å². The van der Waals surface area contributed by atoms with E-state index >= 15 is 0 Å². The zero-order valence-electron chi connectivity index (χ0n) is 15.5. The molecule has 0 aromatic rings. The zero-order valence-corrected chi connectivity index (χ0v) is 15.5. The van der Waals surface area contributed by atoms with Gasteiger partial charge in [0.2, 0.25) is 0 Å². The van der Waals surface area contributed by atoms with E-state index in [0.717, 1.165) is 0 Å². The van der Waals surface area contributed by atoms with Crippen molar-refractivity contribution >= 4 is 0 Å². The number of hydrogen-bond acceptors (Lipinski definition) is 1. The molecule has 2 atom stereocenters. The maximum absolute atomic E-state index is 6.20. The Hall–Kier alpha value is -0.560. The van der Waals surface area contributed by atoms with E-state index in [-0.39, 0.29) is 5.60 Å². The highest BCUT2D eigenvalue weighted by Crippen LogP contribution is 2.49. The van der Waals surface area contributed by atoms with Gasteiger partial charge in [0.1, 0.15) is 0 Å². The van der Waals surface area contributed by atoms with Crippen LogP contribution in [0, 0.1) is 5.41 Å². The van der Waals surface area contributed by atoms with Crippen molar-refractivity contribution in [3.8, 4) is 0 Å². The second kappa shape index (κ2) is 7.55. The van der Waals surface area contributed by atoms with E-state index in [1.54, 1.807) is 11.1 Å². The Morgan fingerprint density at radius 3 is 2.61 bits per heavy atom. The number of methoxy groups -OCH3 is 1. The van der Waals surface area contributed by atoms with Gasteiger partial charge in [-0.15, -0.1) is 0 Å². The zero-order chi connectivity index (χ0) is 16.2. The summed E-state index contributed by atoms with van der Waals surface area (Å²) in [6.07, 6.45) is 23.7. The summed E-state index contributed by atoms with van der Waals surface area (Å²) in [7, 11) is 1.96. The first-order valence-electron chi connectivity index (χ1n) is 10.1. The first-order valence-corrected chi connectivity index (χ1v) is 10.1. The van der Waals surface area contributed by atoms with E-state index < -0.39 is 0 Å². The van der Waals surface area contributed by atoms with Crippen LogP contribution in [0.4, 0.5) is 0 Å². The predicted octanol–water partition coefficient (Wildman–Crippen LogP) is 6.73. The van der Waals surface area contributed by atoms with Crippen molar-refractivity contribution in [1.82, 2.24) is 0 Å². The van der Waals surface area contributed by atoms with Crippen molar-refractivity contribution < 1.29 is 4.74 Å². The topological polar surface area (TPSA) is 9.23 Å². The Labute approximate surface area is 143 Å². The Morgan fingerprint density at radius 1 is 0.913 bits per heavy atom. The first-order chi connectivity index (χ1) is 11.2. The second-order valence-corrected chi connectivity index (χ2v) is 8.50. The van der Waals surface area contributed by atoms with Crippen LogP contribution in [0.25, 0.3) is 0 Å². The maximum Gasteiger partial charge on any atom is 0.0893 e. The van der Waals surface area contributed by atoms with Crippen molar-refractivity contribution in [1.29, 1.82) is 0 Å². The van der Waals surface area contributed by atoms with Gasteiger partial charge in [0.15, 0.2) is 0 Å². The highest BCUT2D eigenvalue weighted by atomic mass is 16.5. The molecule has 3 aliphatic carbocycles. The quantitative estimate of drug-likeness (QED) is 0.522. The molecule has 0 saturated carbocycles. The minimum atomic E-state index is 0.0883. The van der Waals surface area contributed by atoms with Crippen LogP contribution in [0.2, 0.25) is 0 Å². The van der Waals surface area contributed by atoms with Gasteiger partial charge in [0.05, 0.1) is 5.60 Å². The molecule has 2 unspecified atom stereocenters. The molecule has 0 aromatic heterocycles. The number of hydrogen-bond donors (Lipinski definition) is 0. The van der Waals surface area contributed by atoms with E-state index in [2.05, 4.69) is 19.1 Å². The fourth-order valence-electron chi connectivity index (χ4n) is 5.19. The van der Waals surface area contributed by atoms with Crippen LogP contribution in [0.3, 0.4) is 0 Å². The highest BCUT2D eigenvalue weighted by molar-refractivity contribution is 5.32. The van der Waals surface area contributed by atoms with Crippen molar-refractivity contribution in [3.63, 3.8) is 0 Å². The Kier molecular flexibility index (Phi) is 5.67. The van der Waals surface area contributed by atoms with Gasteiger partial charge in [-0.3, -0.25) is 0 Å².